The lowest BCUT2D eigenvalue weighted by Crippen LogP contribution is -3.00. The van der Waals surface area contributed by atoms with E-state index in [9.17, 15) is 4.79 Å². The Labute approximate surface area is 130 Å². The van der Waals surface area contributed by atoms with Crippen molar-refractivity contribution in [2.75, 3.05) is 33.4 Å². The lowest BCUT2D eigenvalue weighted by Gasteiger charge is -2.23. The summed E-state index contributed by atoms with van der Waals surface area (Å²) in [6.07, 6.45) is 0. The molecule has 1 aromatic rings. The number of Topliss-reactive ketones (excluding diaryl/α,β-unsaturated/α-hetero) is 1. The van der Waals surface area contributed by atoms with Crippen LogP contribution in [0.25, 0.3) is 0 Å². The Kier molecular flexibility index (Phi) is 7.86. The van der Waals surface area contributed by atoms with Crippen molar-refractivity contribution >= 4 is 22.6 Å². The highest BCUT2D eigenvalue weighted by Gasteiger charge is 2.17. The highest BCUT2D eigenvalue weighted by atomic mass is 35.5. The lowest BCUT2D eigenvalue weighted by atomic mass is 10.1. The van der Waals surface area contributed by atoms with Gasteiger partial charge in [0.2, 0.25) is 5.78 Å². The first-order valence-electron chi connectivity index (χ1n) is 6.10. The molecule has 0 spiro atoms. The summed E-state index contributed by atoms with van der Waals surface area (Å²) in [4.78, 5) is 12.1. The van der Waals surface area contributed by atoms with Gasteiger partial charge in [-0.15, -0.1) is 0 Å². The van der Waals surface area contributed by atoms with Crippen LogP contribution in [0.2, 0.25) is 0 Å². The molecule has 0 radical (unpaired) electrons. The number of ketones is 1. The minimum absolute atomic E-state index is 0. The van der Waals surface area contributed by atoms with Gasteiger partial charge in [0.25, 0.3) is 0 Å². The van der Waals surface area contributed by atoms with Crippen LogP contribution in [0.15, 0.2) is 29.4 Å². The Bertz CT molecular complexity index is 467. The first-order valence-corrected chi connectivity index (χ1v) is 7.09. The smallest absolute Gasteiger partial charge is 0.221 e. The molecule has 0 amide bonds. The third kappa shape index (κ3) is 6.41. The fourth-order valence-corrected chi connectivity index (χ4v) is 2.52. The number of aryl methyl sites for hydroxylation is 1. The van der Waals surface area contributed by atoms with Crippen molar-refractivity contribution in [2.24, 2.45) is 5.16 Å². The molecule has 0 unspecified atom stereocenters. The maximum Gasteiger partial charge on any atom is 0.221 e. The first-order chi connectivity index (χ1) is 8.83. The number of quaternary nitrogens is 1. The van der Waals surface area contributed by atoms with Crippen molar-refractivity contribution in [1.82, 2.24) is 0 Å². The van der Waals surface area contributed by atoms with Gasteiger partial charge in [-0.25, -0.2) is 0 Å². The van der Waals surface area contributed by atoms with Gasteiger partial charge >= 0.3 is 0 Å². The molecular formula is C14H21ClN2O2S. The second-order valence-corrected chi connectivity index (χ2v) is 6.55. The van der Waals surface area contributed by atoms with E-state index >= 15 is 0 Å². The van der Waals surface area contributed by atoms with Crippen molar-refractivity contribution in [3.63, 3.8) is 0 Å². The molecule has 0 saturated carbocycles. The Morgan fingerprint density at radius 3 is 2.25 bits per heavy atom. The minimum Gasteiger partial charge on any atom is -1.00 e. The molecule has 1 rings (SSSR count). The van der Waals surface area contributed by atoms with Crippen molar-refractivity contribution in [3.05, 3.63) is 35.4 Å². The third-order valence-electron chi connectivity index (χ3n) is 2.60. The van der Waals surface area contributed by atoms with Crippen LogP contribution in [0.4, 0.5) is 0 Å². The van der Waals surface area contributed by atoms with Gasteiger partial charge in [-0.2, -0.15) is 0 Å². The fourth-order valence-electron chi connectivity index (χ4n) is 1.38. The monoisotopic (exact) mass is 316 g/mol. The first kappa shape index (κ1) is 19.0. The zero-order valence-corrected chi connectivity index (χ0v) is 13.8. The number of carbonyl (C=O) groups is 1. The van der Waals surface area contributed by atoms with Crippen LogP contribution in [0.3, 0.4) is 0 Å². The average Bonchev–Trinajstić information content (AvgIpc) is 2.33. The van der Waals surface area contributed by atoms with E-state index in [2.05, 4.69) is 26.3 Å². The standard InChI is InChI=1S/C14H20N2O2S.ClH/c1-11-5-7-12(8-6-11)13(17)14(15-18)19-10-9-16(2,3)4;/h5-8H,9-10H2,1-4H3;1H. The number of hydrogen-bond acceptors (Lipinski definition) is 4. The zero-order valence-electron chi connectivity index (χ0n) is 12.3. The fraction of sp³-hybridized carbons (Fsp3) is 0.429. The summed E-state index contributed by atoms with van der Waals surface area (Å²) in [6, 6.07) is 7.25. The number of benzene rings is 1. The predicted octanol–water partition coefficient (Wildman–Crippen LogP) is -0.591. The summed E-state index contributed by atoms with van der Waals surface area (Å²) >= 11 is 1.29. The van der Waals surface area contributed by atoms with E-state index in [1.54, 1.807) is 12.1 Å². The van der Waals surface area contributed by atoms with Crippen molar-refractivity contribution < 1.29 is 26.9 Å². The number of hydrogen-bond donors (Lipinski definition) is 1. The van der Waals surface area contributed by atoms with Crippen LogP contribution in [0.1, 0.15) is 15.9 Å². The van der Waals surface area contributed by atoms with Crippen LogP contribution < -0.4 is 12.4 Å². The Hall–Kier alpha value is -1.04. The molecule has 0 aromatic heterocycles. The number of oxime groups is 1. The SMILES string of the molecule is Cc1ccc(C(=O)/C(=N/O)SCC[N+](C)(C)C)cc1.[Cl-]. The summed E-state index contributed by atoms with van der Waals surface area (Å²) in [5.74, 6) is 0.509. The molecule has 0 atom stereocenters. The quantitative estimate of drug-likeness (QED) is 0.197. The van der Waals surface area contributed by atoms with Gasteiger partial charge < -0.3 is 22.1 Å². The highest BCUT2D eigenvalue weighted by Crippen LogP contribution is 2.13. The molecule has 6 heteroatoms. The number of carbonyl (C=O) groups excluding carboxylic acids is 1. The zero-order chi connectivity index (χ0) is 14.5. The van der Waals surface area contributed by atoms with Gasteiger partial charge in [0.15, 0.2) is 5.04 Å². The van der Waals surface area contributed by atoms with E-state index in [0.717, 1.165) is 22.3 Å². The summed E-state index contributed by atoms with van der Waals surface area (Å²) in [5, 5.41) is 12.3. The molecule has 0 aliphatic heterocycles. The molecular weight excluding hydrogens is 296 g/mol. The van der Waals surface area contributed by atoms with E-state index in [0.29, 0.717) is 5.56 Å². The molecule has 0 bridgehead atoms. The molecule has 1 N–H and O–H groups in total. The molecule has 0 heterocycles. The van der Waals surface area contributed by atoms with Gasteiger partial charge in [-0.1, -0.05) is 46.7 Å². The topological polar surface area (TPSA) is 49.7 Å². The van der Waals surface area contributed by atoms with Crippen molar-refractivity contribution in [1.29, 1.82) is 0 Å². The molecule has 1 aromatic carbocycles. The van der Waals surface area contributed by atoms with Crippen molar-refractivity contribution in [2.45, 2.75) is 6.92 Å². The van der Waals surface area contributed by atoms with Crippen LogP contribution in [0.5, 0.6) is 0 Å². The summed E-state index contributed by atoms with van der Waals surface area (Å²) in [7, 11) is 6.24. The summed E-state index contributed by atoms with van der Waals surface area (Å²) < 4.78 is 0.810. The van der Waals surface area contributed by atoms with Crippen LogP contribution in [-0.4, -0.2) is 54.0 Å². The predicted molar refractivity (Wildman–Crippen MR) is 80.1 cm³/mol. The number of halogens is 1. The maximum atomic E-state index is 12.1. The van der Waals surface area contributed by atoms with Gasteiger partial charge in [0, 0.05) is 11.3 Å². The minimum atomic E-state index is -0.228. The summed E-state index contributed by atoms with van der Waals surface area (Å²) in [5.41, 5.74) is 1.65. The maximum absolute atomic E-state index is 12.1. The van der Waals surface area contributed by atoms with Crippen LogP contribution in [-0.2, 0) is 0 Å². The van der Waals surface area contributed by atoms with Crippen LogP contribution in [0, 0.1) is 6.92 Å². The van der Waals surface area contributed by atoms with Gasteiger partial charge in [-0.3, -0.25) is 4.79 Å². The van der Waals surface area contributed by atoms with Gasteiger partial charge in [-0.05, 0) is 6.92 Å². The molecule has 0 saturated heterocycles. The number of thioether (sulfide) groups is 1. The van der Waals surface area contributed by atoms with E-state index in [4.69, 9.17) is 5.21 Å². The van der Waals surface area contributed by atoms with E-state index in [1.807, 2.05) is 19.1 Å². The molecule has 4 nitrogen and oxygen atoms in total. The van der Waals surface area contributed by atoms with E-state index < -0.39 is 0 Å². The number of rotatable bonds is 5. The van der Waals surface area contributed by atoms with Crippen LogP contribution >= 0.6 is 11.8 Å². The molecule has 0 aliphatic carbocycles. The largest absolute Gasteiger partial charge is 1.00 e. The molecule has 0 aliphatic rings. The van der Waals surface area contributed by atoms with Gasteiger partial charge in [0.1, 0.15) is 0 Å². The Morgan fingerprint density at radius 2 is 1.80 bits per heavy atom. The Morgan fingerprint density at radius 1 is 1.25 bits per heavy atom. The number of nitrogens with zero attached hydrogens (tertiary/aromatic N) is 2. The molecule has 20 heavy (non-hydrogen) atoms. The second kappa shape index (κ2) is 8.29. The van der Waals surface area contributed by atoms with Gasteiger partial charge in [0.05, 0.1) is 27.7 Å². The second-order valence-electron chi connectivity index (χ2n) is 5.46. The normalized spacial score (nSPS) is 11.9. The van der Waals surface area contributed by atoms with Crippen molar-refractivity contribution in [3.8, 4) is 0 Å². The summed E-state index contributed by atoms with van der Waals surface area (Å²) in [6.45, 7) is 2.86. The average molecular weight is 317 g/mol. The lowest BCUT2D eigenvalue weighted by molar-refractivity contribution is -0.867. The molecule has 0 fully saturated rings. The molecule has 112 valence electrons. The highest BCUT2D eigenvalue weighted by molar-refractivity contribution is 8.15. The third-order valence-corrected chi connectivity index (χ3v) is 3.53. The van der Waals surface area contributed by atoms with E-state index in [-0.39, 0.29) is 23.2 Å². The Balaban J connectivity index is 0.00000361. The van der Waals surface area contributed by atoms with E-state index in [1.165, 1.54) is 11.8 Å².